The number of carbonyl (C=O) groups is 3. The number of hydrogen-bond acceptors (Lipinski definition) is 9. The Morgan fingerprint density at radius 1 is 0.542 bits per heavy atom. The molecule has 0 fully saturated rings. The maximum Gasteiger partial charge on any atom is 0.337 e. The van der Waals surface area contributed by atoms with Crippen molar-refractivity contribution in [1.82, 2.24) is 0 Å². The summed E-state index contributed by atoms with van der Waals surface area (Å²) in [4.78, 5) is 34.0. The first kappa shape index (κ1) is 35.7. The van der Waals surface area contributed by atoms with E-state index in [-0.39, 0.29) is 17.1 Å². The fraction of sp³-hybridized carbons (Fsp3) is 0.108. The van der Waals surface area contributed by atoms with E-state index in [4.69, 9.17) is 4.74 Å². The van der Waals surface area contributed by atoms with Gasteiger partial charge in [0.2, 0.25) is 0 Å². The summed E-state index contributed by atoms with van der Waals surface area (Å²) < 4.78 is 46.4. The summed E-state index contributed by atoms with van der Waals surface area (Å²) in [6.07, 6.45) is 0.829. The van der Waals surface area contributed by atoms with Gasteiger partial charge < -0.3 is 18.8 Å². The number of carbonyl (C=O) groups excluding carboxylic acids is 3. The van der Waals surface area contributed by atoms with E-state index >= 15 is 0 Å². The molecular formula is C37H33O9PS. The van der Waals surface area contributed by atoms with Crippen molar-refractivity contribution in [3.63, 3.8) is 0 Å². The van der Waals surface area contributed by atoms with Crippen LogP contribution in [0.5, 0.6) is 0 Å². The summed E-state index contributed by atoms with van der Waals surface area (Å²) in [5, 5.41) is 3.97. The number of hydrogen-bond donors (Lipinski definition) is 0. The summed E-state index contributed by atoms with van der Waals surface area (Å²) in [6.45, 7) is 0. The lowest BCUT2D eigenvalue weighted by Crippen LogP contribution is -2.32. The Balaban J connectivity index is 0.000000248. The van der Waals surface area contributed by atoms with Crippen LogP contribution in [0.1, 0.15) is 36.6 Å². The minimum atomic E-state index is -4.80. The predicted molar refractivity (Wildman–Crippen MR) is 184 cm³/mol. The van der Waals surface area contributed by atoms with E-state index < -0.39 is 34.2 Å². The van der Waals surface area contributed by atoms with Crippen LogP contribution in [0.25, 0.3) is 0 Å². The molecule has 11 heteroatoms. The largest absolute Gasteiger partial charge is 0.744 e. The summed E-state index contributed by atoms with van der Waals surface area (Å²) in [5.41, 5.74) is 1.26. The maximum atomic E-state index is 12.1. The molecule has 0 aliphatic rings. The van der Waals surface area contributed by atoms with Crippen LogP contribution in [0.15, 0.2) is 138 Å². The zero-order chi connectivity index (χ0) is 34.7. The number of rotatable bonds is 9. The average Bonchev–Trinajstić information content (AvgIpc) is 3.13. The van der Waals surface area contributed by atoms with Gasteiger partial charge in [0.05, 0.1) is 49.1 Å². The van der Waals surface area contributed by atoms with Gasteiger partial charge in [0, 0.05) is 0 Å². The zero-order valence-corrected chi connectivity index (χ0v) is 28.1. The van der Waals surface area contributed by atoms with Crippen molar-refractivity contribution in [1.29, 1.82) is 0 Å². The Kier molecular flexibility index (Phi) is 12.0. The van der Waals surface area contributed by atoms with Crippen molar-refractivity contribution in [2.75, 3.05) is 21.3 Å². The van der Waals surface area contributed by atoms with Gasteiger partial charge >= 0.3 is 17.9 Å². The second-order valence-electron chi connectivity index (χ2n) is 10.3. The standard InChI is InChI=1S/C27H24O2P.C10H10O7S/c1-29-27(28)23-13-11-12-22(20-23)21-30(24-14-5-2-6-15-24,25-16-7-3-8-17-25)26-18-9-4-10-19-26;1-16-9(11)6-3-7(10(12)17-2)5-8(4-6)18(13,14)15/h2-20H,21H2,1H3;3-5H,1-2H3,(H,13,14,15)/q+1;/p-1. The van der Waals surface area contributed by atoms with Crippen LogP contribution in [-0.2, 0) is 30.5 Å². The van der Waals surface area contributed by atoms with Crippen molar-refractivity contribution in [3.05, 3.63) is 156 Å². The molecule has 5 aromatic carbocycles. The Morgan fingerprint density at radius 3 is 1.31 bits per heavy atom. The smallest absolute Gasteiger partial charge is 0.337 e. The molecule has 0 amide bonds. The Bertz CT molecular complexity index is 1850. The molecular weight excluding hydrogens is 651 g/mol. The number of methoxy groups -OCH3 is 3. The van der Waals surface area contributed by atoms with Crippen molar-refractivity contribution < 1.29 is 41.6 Å². The summed E-state index contributed by atoms with van der Waals surface area (Å²) in [7, 11) is -3.20. The summed E-state index contributed by atoms with van der Waals surface area (Å²) >= 11 is 0. The maximum absolute atomic E-state index is 12.1. The third-order valence-corrected chi connectivity index (χ3v) is 12.6. The fourth-order valence-electron chi connectivity index (χ4n) is 5.17. The van der Waals surface area contributed by atoms with Crippen LogP contribution in [-0.4, -0.2) is 52.2 Å². The molecule has 0 radical (unpaired) electrons. The number of ether oxygens (including phenoxy) is 3. The molecule has 0 atom stereocenters. The fourth-order valence-corrected chi connectivity index (χ4v) is 9.94. The third kappa shape index (κ3) is 8.41. The highest BCUT2D eigenvalue weighted by Gasteiger charge is 2.45. The van der Waals surface area contributed by atoms with Crippen molar-refractivity contribution >= 4 is 51.2 Å². The minimum absolute atomic E-state index is 0.227. The van der Waals surface area contributed by atoms with Crippen molar-refractivity contribution in [3.8, 4) is 0 Å². The molecule has 5 rings (SSSR count). The first-order valence-corrected chi connectivity index (χ1v) is 17.9. The van der Waals surface area contributed by atoms with Gasteiger partial charge in [-0.05, 0) is 72.3 Å². The highest BCUT2D eigenvalue weighted by Crippen LogP contribution is 2.58. The molecule has 0 saturated heterocycles. The van der Waals surface area contributed by atoms with E-state index in [1.807, 2.05) is 18.2 Å². The van der Waals surface area contributed by atoms with Gasteiger partial charge in [-0.25, -0.2) is 22.8 Å². The van der Waals surface area contributed by atoms with E-state index in [9.17, 15) is 27.4 Å². The normalized spacial score (nSPS) is 11.0. The van der Waals surface area contributed by atoms with Crippen molar-refractivity contribution in [2.24, 2.45) is 0 Å². The topological polar surface area (TPSA) is 136 Å². The first-order chi connectivity index (χ1) is 23.0. The van der Waals surface area contributed by atoms with E-state index in [1.54, 1.807) is 0 Å². The van der Waals surface area contributed by atoms with Crippen LogP contribution >= 0.6 is 7.26 Å². The molecule has 0 heterocycles. The van der Waals surface area contributed by atoms with Crippen LogP contribution in [0.3, 0.4) is 0 Å². The second-order valence-corrected chi connectivity index (χ2v) is 15.2. The zero-order valence-electron chi connectivity index (χ0n) is 26.4. The Hall–Kier alpha value is -5.15. The van der Waals surface area contributed by atoms with Crippen LogP contribution in [0, 0.1) is 0 Å². The average molecular weight is 685 g/mol. The number of benzene rings is 5. The highest BCUT2D eigenvalue weighted by atomic mass is 32.2. The van der Waals surface area contributed by atoms with Crippen LogP contribution in [0.4, 0.5) is 0 Å². The van der Waals surface area contributed by atoms with E-state index in [2.05, 4.69) is 107 Å². The lowest BCUT2D eigenvalue weighted by Gasteiger charge is -2.28. The molecule has 0 aliphatic carbocycles. The van der Waals surface area contributed by atoms with Gasteiger partial charge in [-0.2, -0.15) is 0 Å². The quantitative estimate of drug-likeness (QED) is 0.0896. The Labute approximate surface area is 280 Å². The second kappa shape index (κ2) is 16.1. The number of esters is 3. The molecule has 5 aromatic rings. The summed E-state index contributed by atoms with van der Waals surface area (Å²) in [5.74, 6) is -2.05. The minimum Gasteiger partial charge on any atom is -0.744 e. The van der Waals surface area contributed by atoms with Gasteiger partial charge in [-0.15, -0.1) is 0 Å². The van der Waals surface area contributed by atoms with E-state index in [1.165, 1.54) is 23.0 Å². The molecule has 48 heavy (non-hydrogen) atoms. The van der Waals surface area contributed by atoms with Crippen LogP contribution < -0.4 is 15.9 Å². The van der Waals surface area contributed by atoms with E-state index in [0.29, 0.717) is 5.56 Å². The van der Waals surface area contributed by atoms with Gasteiger partial charge in [-0.3, -0.25) is 0 Å². The molecule has 0 N–H and O–H groups in total. The monoisotopic (exact) mass is 684 g/mol. The Morgan fingerprint density at radius 2 is 0.938 bits per heavy atom. The van der Waals surface area contributed by atoms with Gasteiger partial charge in [0.25, 0.3) is 0 Å². The van der Waals surface area contributed by atoms with Crippen LogP contribution in [0.2, 0.25) is 0 Å². The van der Waals surface area contributed by atoms with Gasteiger partial charge in [0.1, 0.15) is 33.3 Å². The van der Waals surface area contributed by atoms with Crippen molar-refractivity contribution in [2.45, 2.75) is 11.1 Å². The lowest BCUT2D eigenvalue weighted by molar-refractivity contribution is 0.0587. The highest BCUT2D eigenvalue weighted by molar-refractivity contribution is 7.95. The predicted octanol–water partition coefficient (Wildman–Crippen LogP) is 5.13. The molecule has 246 valence electrons. The molecule has 0 aromatic heterocycles. The molecule has 0 aliphatic heterocycles. The SMILES string of the molecule is COC(=O)c1cc(C(=O)OC)cc(S(=O)(=O)[O-])c1.COC(=O)c1cccc(C[P+](c2ccccc2)(c2ccccc2)c2ccccc2)c1. The molecule has 0 unspecified atom stereocenters. The summed E-state index contributed by atoms with van der Waals surface area (Å²) in [6, 6.07) is 42.8. The lowest BCUT2D eigenvalue weighted by atomic mass is 10.1. The molecule has 0 spiro atoms. The first-order valence-electron chi connectivity index (χ1n) is 14.5. The molecule has 0 saturated carbocycles. The van der Waals surface area contributed by atoms with E-state index in [0.717, 1.165) is 44.1 Å². The molecule has 0 bridgehead atoms. The van der Waals surface area contributed by atoms with Gasteiger partial charge in [-0.1, -0.05) is 66.7 Å². The van der Waals surface area contributed by atoms with Gasteiger partial charge in [0.15, 0.2) is 0 Å². The third-order valence-electron chi connectivity index (χ3n) is 7.40. The molecule has 9 nitrogen and oxygen atoms in total.